The van der Waals surface area contributed by atoms with Gasteiger partial charge in [-0.05, 0) is 18.6 Å². The molecule has 0 bridgehead atoms. The first-order chi connectivity index (χ1) is 8.43. The fourth-order valence-electron chi connectivity index (χ4n) is 1.22. The predicted molar refractivity (Wildman–Crippen MR) is 57.6 cm³/mol. The fraction of sp³-hybridized carbons (Fsp3) is 0.455. The van der Waals surface area contributed by atoms with E-state index >= 15 is 0 Å². The Labute approximate surface area is 102 Å². The van der Waals surface area contributed by atoms with Crippen LogP contribution in [0.15, 0.2) is 18.3 Å². The summed E-state index contributed by atoms with van der Waals surface area (Å²) in [5.74, 6) is -0.405. The van der Waals surface area contributed by atoms with Crippen molar-refractivity contribution in [3.05, 3.63) is 29.6 Å². The number of hydrogen-bond acceptors (Lipinski definition) is 4. The summed E-state index contributed by atoms with van der Waals surface area (Å²) in [6.45, 7) is 2.25. The summed E-state index contributed by atoms with van der Waals surface area (Å²) >= 11 is 0. The van der Waals surface area contributed by atoms with Crippen LogP contribution in [0, 0.1) is 0 Å². The molecule has 0 radical (unpaired) electrons. The minimum absolute atomic E-state index is 0.00879. The first-order valence-electron chi connectivity index (χ1n) is 5.32. The summed E-state index contributed by atoms with van der Waals surface area (Å²) in [5, 5.41) is 2.75. The lowest BCUT2D eigenvalue weighted by Crippen LogP contribution is -2.24. The van der Waals surface area contributed by atoms with Crippen LogP contribution in [0.4, 0.5) is 13.2 Å². The number of rotatable bonds is 5. The van der Waals surface area contributed by atoms with Crippen molar-refractivity contribution in [1.82, 2.24) is 10.3 Å². The smallest absolute Gasteiger partial charge is 0.433 e. The summed E-state index contributed by atoms with van der Waals surface area (Å²) in [6.07, 6.45) is -3.31. The third-order valence-electron chi connectivity index (χ3n) is 2.02. The normalized spacial score (nSPS) is 11.3. The van der Waals surface area contributed by atoms with Gasteiger partial charge in [-0.1, -0.05) is 6.07 Å². The number of carbonyl (C=O) groups excluding carboxylic acids is 1. The molecule has 1 rings (SSSR count). The molecule has 1 aromatic heterocycles. The summed E-state index contributed by atoms with van der Waals surface area (Å²) < 4.78 is 41.3. The van der Waals surface area contributed by atoms with Gasteiger partial charge in [-0.2, -0.15) is 13.2 Å². The summed E-state index contributed by atoms with van der Waals surface area (Å²) in [4.78, 5) is 14.3. The highest BCUT2D eigenvalue weighted by Gasteiger charge is 2.31. The lowest BCUT2D eigenvalue weighted by atomic mass is 10.2. The summed E-state index contributed by atoms with van der Waals surface area (Å²) in [7, 11) is 0. The monoisotopic (exact) mass is 262 g/mol. The van der Waals surface area contributed by atoms with Crippen LogP contribution < -0.4 is 5.32 Å². The highest BCUT2D eigenvalue weighted by Crippen LogP contribution is 2.27. The van der Waals surface area contributed by atoms with Crippen molar-refractivity contribution in [2.24, 2.45) is 0 Å². The molecule has 1 heterocycles. The number of aromatic nitrogens is 1. The quantitative estimate of drug-likeness (QED) is 0.821. The first-order valence-corrected chi connectivity index (χ1v) is 5.32. The highest BCUT2D eigenvalue weighted by atomic mass is 19.4. The van der Waals surface area contributed by atoms with E-state index in [-0.39, 0.29) is 13.1 Å². The average Bonchev–Trinajstić information content (AvgIpc) is 2.29. The van der Waals surface area contributed by atoms with Crippen LogP contribution in [0.1, 0.15) is 18.2 Å². The van der Waals surface area contributed by atoms with Crippen LogP contribution in [-0.2, 0) is 22.3 Å². The van der Waals surface area contributed by atoms with E-state index in [4.69, 9.17) is 0 Å². The van der Waals surface area contributed by atoms with Gasteiger partial charge in [0.25, 0.3) is 0 Å². The van der Waals surface area contributed by atoms with Crippen LogP contribution in [-0.4, -0.2) is 24.1 Å². The number of hydrogen-bond donors (Lipinski definition) is 1. The van der Waals surface area contributed by atoms with E-state index in [0.717, 1.165) is 12.3 Å². The molecule has 0 aliphatic rings. The molecule has 1 N–H and O–H groups in total. The standard InChI is InChI=1S/C11H13F3N2O2/c1-2-18-10(17)7-15-5-8-3-4-9(16-6-8)11(12,13)14/h3-4,6,15H,2,5,7H2,1H3. The minimum Gasteiger partial charge on any atom is -0.465 e. The third-order valence-corrected chi connectivity index (χ3v) is 2.02. The number of halogens is 3. The Kier molecular flexibility index (Phi) is 5.08. The van der Waals surface area contributed by atoms with Gasteiger partial charge >= 0.3 is 12.1 Å². The highest BCUT2D eigenvalue weighted by molar-refractivity contribution is 5.71. The summed E-state index contributed by atoms with van der Waals surface area (Å²) in [6, 6.07) is 2.22. The van der Waals surface area contributed by atoms with Crippen molar-refractivity contribution in [1.29, 1.82) is 0 Å². The summed E-state index contributed by atoms with van der Waals surface area (Å²) in [5.41, 5.74) is -0.371. The molecule has 4 nitrogen and oxygen atoms in total. The number of pyridine rings is 1. The Balaban J connectivity index is 2.42. The second kappa shape index (κ2) is 6.34. The second-order valence-electron chi connectivity index (χ2n) is 3.46. The van der Waals surface area contributed by atoms with Crippen LogP contribution in [0.3, 0.4) is 0 Å². The van der Waals surface area contributed by atoms with E-state index in [2.05, 4.69) is 15.0 Å². The van der Waals surface area contributed by atoms with Gasteiger partial charge in [0.15, 0.2) is 0 Å². The van der Waals surface area contributed by atoms with Crippen LogP contribution in [0.25, 0.3) is 0 Å². The molecule has 100 valence electrons. The van der Waals surface area contributed by atoms with Gasteiger partial charge in [0.1, 0.15) is 5.69 Å². The molecule has 18 heavy (non-hydrogen) atoms. The minimum atomic E-state index is -4.43. The first kappa shape index (κ1) is 14.4. The van der Waals surface area contributed by atoms with E-state index in [1.165, 1.54) is 6.07 Å². The van der Waals surface area contributed by atoms with E-state index < -0.39 is 17.8 Å². The number of esters is 1. The van der Waals surface area contributed by atoms with Crippen molar-refractivity contribution in [3.63, 3.8) is 0 Å². The zero-order valence-electron chi connectivity index (χ0n) is 9.75. The molecular weight excluding hydrogens is 249 g/mol. The Morgan fingerprint density at radius 2 is 2.17 bits per heavy atom. The number of carbonyl (C=O) groups is 1. The Morgan fingerprint density at radius 1 is 1.44 bits per heavy atom. The molecule has 0 aliphatic carbocycles. The molecule has 0 fully saturated rings. The Bertz CT molecular complexity index is 390. The van der Waals surface area contributed by atoms with E-state index in [0.29, 0.717) is 12.2 Å². The molecule has 1 aromatic rings. The van der Waals surface area contributed by atoms with Crippen molar-refractivity contribution in [2.45, 2.75) is 19.6 Å². The van der Waals surface area contributed by atoms with Crippen LogP contribution in [0.5, 0.6) is 0 Å². The van der Waals surface area contributed by atoms with Gasteiger partial charge < -0.3 is 10.1 Å². The topological polar surface area (TPSA) is 51.2 Å². The Hall–Kier alpha value is -1.63. The zero-order valence-corrected chi connectivity index (χ0v) is 9.75. The van der Waals surface area contributed by atoms with Crippen LogP contribution in [0.2, 0.25) is 0 Å². The average molecular weight is 262 g/mol. The molecule has 0 atom stereocenters. The predicted octanol–water partition coefficient (Wildman–Crippen LogP) is 1.75. The van der Waals surface area contributed by atoms with Crippen molar-refractivity contribution >= 4 is 5.97 Å². The maximum Gasteiger partial charge on any atom is 0.433 e. The molecule has 0 aliphatic heterocycles. The SMILES string of the molecule is CCOC(=O)CNCc1ccc(C(F)(F)F)nc1. The lowest BCUT2D eigenvalue weighted by Gasteiger charge is -2.07. The molecule has 0 aromatic carbocycles. The van der Waals surface area contributed by atoms with Gasteiger partial charge in [-0.25, -0.2) is 0 Å². The molecule has 0 amide bonds. The van der Waals surface area contributed by atoms with Gasteiger partial charge in [0.05, 0.1) is 13.2 Å². The van der Waals surface area contributed by atoms with Gasteiger partial charge in [0.2, 0.25) is 0 Å². The molecule has 0 saturated carbocycles. The van der Waals surface area contributed by atoms with Crippen molar-refractivity contribution in [3.8, 4) is 0 Å². The van der Waals surface area contributed by atoms with E-state index in [9.17, 15) is 18.0 Å². The number of ether oxygens (including phenoxy) is 1. The molecule has 0 unspecified atom stereocenters. The number of nitrogens with one attached hydrogen (secondary N) is 1. The number of nitrogens with zero attached hydrogens (tertiary/aromatic N) is 1. The second-order valence-corrected chi connectivity index (χ2v) is 3.46. The molecule has 7 heteroatoms. The Morgan fingerprint density at radius 3 is 2.67 bits per heavy atom. The van der Waals surface area contributed by atoms with E-state index in [1.54, 1.807) is 6.92 Å². The van der Waals surface area contributed by atoms with Gasteiger partial charge in [0, 0.05) is 12.7 Å². The fourth-order valence-corrected chi connectivity index (χ4v) is 1.22. The maximum absolute atomic E-state index is 12.2. The zero-order chi connectivity index (χ0) is 13.6. The van der Waals surface area contributed by atoms with Crippen molar-refractivity contribution in [2.75, 3.05) is 13.2 Å². The maximum atomic E-state index is 12.2. The molecular formula is C11H13F3N2O2. The molecule has 0 spiro atoms. The van der Waals surface area contributed by atoms with Gasteiger partial charge in [-0.3, -0.25) is 9.78 Å². The molecule has 0 saturated heterocycles. The third kappa shape index (κ3) is 4.70. The van der Waals surface area contributed by atoms with Gasteiger partial charge in [-0.15, -0.1) is 0 Å². The lowest BCUT2D eigenvalue weighted by molar-refractivity contribution is -0.142. The largest absolute Gasteiger partial charge is 0.465 e. The van der Waals surface area contributed by atoms with Crippen molar-refractivity contribution < 1.29 is 22.7 Å². The number of alkyl halides is 3. The van der Waals surface area contributed by atoms with Crippen LogP contribution >= 0.6 is 0 Å². The van der Waals surface area contributed by atoms with E-state index in [1.807, 2.05) is 0 Å².